The second-order valence-electron chi connectivity index (χ2n) is 6.04. The topological polar surface area (TPSA) is 66.1 Å². The summed E-state index contributed by atoms with van der Waals surface area (Å²) in [5.41, 5.74) is 0.857. The van der Waals surface area contributed by atoms with Gasteiger partial charge in [0.25, 0.3) is 0 Å². The number of aliphatic hydroxyl groups is 1. The highest BCUT2D eigenvalue weighted by Crippen LogP contribution is 2.53. The Morgan fingerprint density at radius 3 is 3.00 bits per heavy atom. The van der Waals surface area contributed by atoms with Crippen LogP contribution in [-0.2, 0) is 4.74 Å². The summed E-state index contributed by atoms with van der Waals surface area (Å²) in [6.07, 6.45) is 3.41. The first-order valence-electron chi connectivity index (χ1n) is 7.32. The maximum absolute atomic E-state index is 10.8. The fourth-order valence-corrected chi connectivity index (χ4v) is 3.77. The van der Waals surface area contributed by atoms with Gasteiger partial charge in [-0.25, -0.2) is 0 Å². The third kappa shape index (κ3) is 1.78. The van der Waals surface area contributed by atoms with Crippen molar-refractivity contribution in [3.63, 3.8) is 0 Å². The second kappa shape index (κ2) is 4.52. The minimum atomic E-state index is -0.817. The van der Waals surface area contributed by atoms with Crippen LogP contribution >= 0.6 is 0 Å². The Hall–Kier alpha value is -1.96. The highest BCUT2D eigenvalue weighted by atomic mass is 16.5. The van der Waals surface area contributed by atoms with Gasteiger partial charge in [0, 0.05) is 11.6 Å². The van der Waals surface area contributed by atoms with Gasteiger partial charge in [-0.15, -0.1) is 0 Å². The molecule has 4 atom stereocenters. The number of fused-ring (bicyclic) bond motifs is 3. The summed E-state index contributed by atoms with van der Waals surface area (Å²) in [5, 5.41) is 21.5. The number of nitrogens with zero attached hydrogens (tertiary/aromatic N) is 2. The summed E-state index contributed by atoms with van der Waals surface area (Å²) in [6, 6.07) is 11.9. The molecule has 4 nitrogen and oxygen atoms in total. The minimum absolute atomic E-state index is 0.131. The fourth-order valence-electron chi connectivity index (χ4n) is 3.77. The molecule has 4 rings (SSSR count). The molecule has 2 aliphatic rings. The highest BCUT2D eigenvalue weighted by molar-refractivity contribution is 5.79. The van der Waals surface area contributed by atoms with E-state index in [4.69, 9.17) is 4.74 Å². The van der Waals surface area contributed by atoms with Gasteiger partial charge in [0.15, 0.2) is 0 Å². The molecule has 4 unspecified atom stereocenters. The SMILES string of the molecule is N#CC1(C(O)c2ccc3ncccc3c2)CC2CCC1O2. The van der Waals surface area contributed by atoms with Crippen molar-refractivity contribution in [2.24, 2.45) is 5.41 Å². The molecule has 1 aromatic heterocycles. The first-order chi connectivity index (χ1) is 10.2. The largest absolute Gasteiger partial charge is 0.387 e. The van der Waals surface area contributed by atoms with Crippen LogP contribution in [0, 0.1) is 16.7 Å². The first-order valence-corrected chi connectivity index (χ1v) is 7.32. The van der Waals surface area contributed by atoms with Gasteiger partial charge in [-0.3, -0.25) is 4.98 Å². The number of ether oxygens (including phenoxy) is 1. The molecular formula is C17H16N2O2. The molecule has 2 aliphatic heterocycles. The van der Waals surface area contributed by atoms with Crippen molar-refractivity contribution in [2.75, 3.05) is 0 Å². The van der Waals surface area contributed by atoms with Crippen LogP contribution in [0.5, 0.6) is 0 Å². The Morgan fingerprint density at radius 2 is 2.29 bits per heavy atom. The van der Waals surface area contributed by atoms with Crippen LogP contribution in [0.15, 0.2) is 36.5 Å². The number of hydrogen-bond donors (Lipinski definition) is 1. The third-order valence-corrected chi connectivity index (χ3v) is 4.89. The van der Waals surface area contributed by atoms with Gasteiger partial charge in [0.2, 0.25) is 0 Å². The maximum atomic E-state index is 10.8. The van der Waals surface area contributed by atoms with Crippen molar-refractivity contribution in [1.29, 1.82) is 5.26 Å². The number of pyridine rings is 1. The highest BCUT2D eigenvalue weighted by Gasteiger charge is 2.57. The summed E-state index contributed by atoms with van der Waals surface area (Å²) in [4.78, 5) is 4.28. The van der Waals surface area contributed by atoms with Crippen LogP contribution in [0.1, 0.15) is 30.9 Å². The van der Waals surface area contributed by atoms with E-state index in [-0.39, 0.29) is 12.2 Å². The fraction of sp³-hybridized carbons (Fsp3) is 0.412. The zero-order valence-electron chi connectivity index (χ0n) is 11.6. The monoisotopic (exact) mass is 280 g/mol. The van der Waals surface area contributed by atoms with E-state index in [0.29, 0.717) is 6.42 Å². The maximum Gasteiger partial charge on any atom is 0.116 e. The summed E-state index contributed by atoms with van der Waals surface area (Å²) < 4.78 is 5.81. The van der Waals surface area contributed by atoms with E-state index in [9.17, 15) is 10.4 Å². The van der Waals surface area contributed by atoms with E-state index in [2.05, 4.69) is 11.1 Å². The van der Waals surface area contributed by atoms with Crippen molar-refractivity contribution >= 4 is 10.9 Å². The summed E-state index contributed by atoms with van der Waals surface area (Å²) in [6.45, 7) is 0. The molecule has 0 radical (unpaired) electrons. The zero-order chi connectivity index (χ0) is 14.4. The number of aliphatic hydroxyl groups excluding tert-OH is 1. The molecule has 2 saturated heterocycles. The van der Waals surface area contributed by atoms with E-state index in [1.54, 1.807) is 6.20 Å². The first kappa shape index (κ1) is 12.8. The Kier molecular flexibility index (Phi) is 2.75. The molecule has 2 aromatic rings. The zero-order valence-corrected chi connectivity index (χ0v) is 11.6. The Labute approximate surface area is 123 Å². The number of benzene rings is 1. The lowest BCUT2D eigenvalue weighted by Crippen LogP contribution is -2.37. The predicted molar refractivity (Wildman–Crippen MR) is 77.3 cm³/mol. The van der Waals surface area contributed by atoms with Gasteiger partial charge >= 0.3 is 0 Å². The molecule has 0 saturated carbocycles. The van der Waals surface area contributed by atoms with E-state index in [1.165, 1.54) is 0 Å². The molecule has 3 heterocycles. The number of aromatic nitrogens is 1. The smallest absolute Gasteiger partial charge is 0.116 e. The molecule has 2 bridgehead atoms. The average Bonchev–Trinajstić information content (AvgIpc) is 3.15. The van der Waals surface area contributed by atoms with Gasteiger partial charge in [-0.1, -0.05) is 12.1 Å². The Balaban J connectivity index is 1.75. The van der Waals surface area contributed by atoms with E-state index in [1.807, 2.05) is 30.3 Å². The molecule has 0 spiro atoms. The van der Waals surface area contributed by atoms with Crippen LogP contribution in [0.3, 0.4) is 0 Å². The van der Waals surface area contributed by atoms with Crippen molar-refractivity contribution in [1.82, 2.24) is 4.98 Å². The lowest BCUT2D eigenvalue weighted by atomic mass is 9.69. The quantitative estimate of drug-likeness (QED) is 0.918. The van der Waals surface area contributed by atoms with Crippen LogP contribution in [0.25, 0.3) is 10.9 Å². The lowest BCUT2D eigenvalue weighted by Gasteiger charge is -2.33. The van der Waals surface area contributed by atoms with Crippen LogP contribution in [0.2, 0.25) is 0 Å². The van der Waals surface area contributed by atoms with Crippen molar-refractivity contribution in [3.8, 4) is 6.07 Å². The summed E-state index contributed by atoms with van der Waals surface area (Å²) in [5.74, 6) is 0. The van der Waals surface area contributed by atoms with Crippen LogP contribution < -0.4 is 0 Å². The van der Waals surface area contributed by atoms with E-state index >= 15 is 0 Å². The number of nitriles is 1. The van der Waals surface area contributed by atoms with Gasteiger partial charge in [-0.2, -0.15) is 5.26 Å². The molecule has 1 aromatic carbocycles. The Bertz CT molecular complexity index is 739. The van der Waals surface area contributed by atoms with Crippen molar-refractivity contribution in [3.05, 3.63) is 42.1 Å². The van der Waals surface area contributed by atoms with Gasteiger partial charge in [0.05, 0.1) is 23.8 Å². The third-order valence-electron chi connectivity index (χ3n) is 4.89. The molecule has 4 heteroatoms. The average molecular weight is 280 g/mol. The van der Waals surface area contributed by atoms with E-state index < -0.39 is 11.5 Å². The lowest BCUT2D eigenvalue weighted by molar-refractivity contribution is 0.00348. The standard InChI is InChI=1S/C17H16N2O2/c18-10-17(9-13-4-6-15(17)21-13)16(20)12-3-5-14-11(8-12)2-1-7-19-14/h1-3,5,7-8,13,15-16,20H,4,6,9H2. The van der Waals surface area contributed by atoms with Crippen LogP contribution in [0.4, 0.5) is 0 Å². The minimum Gasteiger partial charge on any atom is -0.387 e. The van der Waals surface area contributed by atoms with Gasteiger partial charge in [-0.05, 0) is 43.0 Å². The van der Waals surface area contributed by atoms with Gasteiger partial charge < -0.3 is 9.84 Å². The molecule has 0 aliphatic carbocycles. The molecule has 1 N–H and O–H groups in total. The van der Waals surface area contributed by atoms with Crippen molar-refractivity contribution < 1.29 is 9.84 Å². The summed E-state index contributed by atoms with van der Waals surface area (Å²) >= 11 is 0. The molecule has 21 heavy (non-hydrogen) atoms. The van der Waals surface area contributed by atoms with Crippen LogP contribution in [-0.4, -0.2) is 22.3 Å². The van der Waals surface area contributed by atoms with E-state index in [0.717, 1.165) is 29.3 Å². The second-order valence-corrected chi connectivity index (χ2v) is 6.04. The molecule has 2 fully saturated rings. The van der Waals surface area contributed by atoms with Gasteiger partial charge in [0.1, 0.15) is 11.5 Å². The normalized spacial score (nSPS) is 32.2. The summed E-state index contributed by atoms with van der Waals surface area (Å²) in [7, 11) is 0. The van der Waals surface area contributed by atoms with Crippen molar-refractivity contribution in [2.45, 2.75) is 37.6 Å². The predicted octanol–water partition coefficient (Wildman–Crippen LogP) is 2.73. The number of hydrogen-bond acceptors (Lipinski definition) is 4. The Morgan fingerprint density at radius 1 is 1.38 bits per heavy atom. The number of rotatable bonds is 2. The molecule has 0 amide bonds. The molecular weight excluding hydrogens is 264 g/mol. The molecule has 106 valence electrons.